The molecular weight excluding hydrogens is 455 g/mol. The second-order valence-electron chi connectivity index (χ2n) is 6.74. The summed E-state index contributed by atoms with van der Waals surface area (Å²) in [5.74, 6) is -1.18. The van der Waals surface area contributed by atoms with Crippen molar-refractivity contribution < 1.29 is 23.8 Å². The van der Waals surface area contributed by atoms with Crippen LogP contribution in [0.4, 0.5) is 0 Å². The smallest absolute Gasteiger partial charge is 0.303 e. The normalized spacial score (nSPS) is 27.8. The Labute approximate surface area is 185 Å². The molecule has 15 heteroatoms. The average molecular weight is 473 g/mol. The van der Waals surface area contributed by atoms with Gasteiger partial charge in [-0.2, -0.15) is 10.4 Å². The summed E-state index contributed by atoms with van der Waals surface area (Å²) in [4.78, 5) is 35.9. The lowest BCUT2D eigenvalue weighted by Gasteiger charge is -2.25. The fraction of sp³-hybridized carbons (Fsp3) is 0.562. The predicted octanol–water partition coefficient (Wildman–Crippen LogP) is 1.43. The number of nitrogens with one attached hydrogen (secondary N) is 1. The van der Waals surface area contributed by atoms with Crippen molar-refractivity contribution in [3.63, 3.8) is 0 Å². The molecule has 0 amide bonds. The number of ether oxygens (including phenoxy) is 3. The molecule has 2 aromatic rings. The van der Waals surface area contributed by atoms with Crippen LogP contribution in [0.1, 0.15) is 27.0 Å². The highest BCUT2D eigenvalue weighted by Crippen LogP contribution is 2.38. The third kappa shape index (κ3) is 4.13. The molecule has 2 aliphatic heterocycles. The van der Waals surface area contributed by atoms with Gasteiger partial charge in [-0.1, -0.05) is 16.8 Å². The maximum Gasteiger partial charge on any atom is 0.303 e. The van der Waals surface area contributed by atoms with Gasteiger partial charge in [-0.05, 0) is 18.5 Å². The summed E-state index contributed by atoms with van der Waals surface area (Å²) in [5.41, 5.74) is 3.56. The van der Waals surface area contributed by atoms with Crippen molar-refractivity contribution in [2.45, 2.75) is 51.5 Å². The molecule has 166 valence electrons. The van der Waals surface area contributed by atoms with E-state index < -0.39 is 42.6 Å². The summed E-state index contributed by atoms with van der Waals surface area (Å²) in [6.45, 7) is 4.91. The molecule has 13 nitrogen and oxygen atoms in total. The van der Waals surface area contributed by atoms with Crippen molar-refractivity contribution in [1.29, 1.82) is 0 Å². The third-order valence-corrected chi connectivity index (χ3v) is 5.06. The summed E-state index contributed by atoms with van der Waals surface area (Å²) >= 11 is 12.1. The Bertz CT molecular complexity index is 1050. The van der Waals surface area contributed by atoms with E-state index in [0.717, 1.165) is 0 Å². The molecule has 2 aromatic heterocycles. The van der Waals surface area contributed by atoms with E-state index in [9.17, 15) is 9.59 Å². The molecule has 1 saturated heterocycles. The summed E-state index contributed by atoms with van der Waals surface area (Å²) in [6, 6.07) is 0. The highest BCUT2D eigenvalue weighted by atomic mass is 35.5. The van der Waals surface area contributed by atoms with Crippen LogP contribution < -0.4 is 5.43 Å². The zero-order chi connectivity index (χ0) is 22.3. The van der Waals surface area contributed by atoms with Gasteiger partial charge in [0.1, 0.15) is 11.6 Å². The second-order valence-corrected chi connectivity index (χ2v) is 7.44. The zero-order valence-corrected chi connectivity index (χ0v) is 18.1. The van der Waals surface area contributed by atoms with Crippen LogP contribution in [0.15, 0.2) is 16.7 Å². The number of rotatable bonds is 5. The number of esters is 2. The summed E-state index contributed by atoms with van der Waals surface area (Å²) in [6.07, 6.45) is -3.14. The van der Waals surface area contributed by atoms with Gasteiger partial charge in [0.05, 0.1) is 12.9 Å². The maximum absolute atomic E-state index is 11.9. The Balaban J connectivity index is 1.76. The molecular formula is C16H18Cl2N8O5. The molecule has 0 radical (unpaired) electrons. The van der Waals surface area contributed by atoms with E-state index >= 15 is 0 Å². The van der Waals surface area contributed by atoms with Crippen molar-refractivity contribution in [2.75, 3.05) is 6.54 Å². The van der Waals surface area contributed by atoms with Crippen LogP contribution in [0.3, 0.4) is 0 Å². The van der Waals surface area contributed by atoms with Gasteiger partial charge in [0.25, 0.3) is 0 Å². The minimum atomic E-state index is -1.04. The predicted molar refractivity (Wildman–Crippen MR) is 105 cm³/mol. The molecule has 3 unspecified atom stereocenters. The molecule has 4 rings (SSSR count). The molecule has 1 fully saturated rings. The first-order chi connectivity index (χ1) is 14.8. The van der Waals surface area contributed by atoms with Gasteiger partial charge in [0.15, 0.2) is 35.4 Å². The summed E-state index contributed by atoms with van der Waals surface area (Å²) in [7, 11) is 0. The molecule has 1 N–H and O–H groups in total. The highest BCUT2D eigenvalue weighted by Gasteiger charge is 2.54. The Morgan fingerprint density at radius 1 is 1.19 bits per heavy atom. The Morgan fingerprint density at radius 2 is 1.90 bits per heavy atom. The van der Waals surface area contributed by atoms with Crippen molar-refractivity contribution in [3.8, 4) is 0 Å². The van der Waals surface area contributed by atoms with E-state index in [4.69, 9.17) is 37.4 Å². The van der Waals surface area contributed by atoms with E-state index in [1.54, 1.807) is 0 Å². The number of imidazole rings is 1. The van der Waals surface area contributed by atoms with Gasteiger partial charge in [-0.15, -0.1) is 5.11 Å². The molecule has 2 aliphatic rings. The molecule has 31 heavy (non-hydrogen) atoms. The molecule has 0 saturated carbocycles. The number of carbonyl (C=O) groups is 2. The Morgan fingerprint density at radius 3 is 2.55 bits per heavy atom. The average Bonchev–Trinajstić information content (AvgIpc) is 3.39. The summed E-state index contributed by atoms with van der Waals surface area (Å²) in [5, 5.41) is 9.58. The van der Waals surface area contributed by atoms with Gasteiger partial charge in [-0.3, -0.25) is 14.2 Å². The topological polar surface area (TPSA) is 145 Å². The van der Waals surface area contributed by atoms with Crippen molar-refractivity contribution in [3.05, 3.63) is 16.8 Å². The van der Waals surface area contributed by atoms with Crippen LogP contribution in [0.2, 0.25) is 10.4 Å². The molecule has 5 atom stereocenters. The van der Waals surface area contributed by atoms with Gasteiger partial charge in [-0.25, -0.2) is 15.1 Å². The number of hydrazine groups is 1. The molecule has 0 spiro atoms. The number of hydrogen-bond acceptors (Lipinski definition) is 12. The number of aromatic nitrogens is 4. The fourth-order valence-electron chi connectivity index (χ4n) is 3.45. The van der Waals surface area contributed by atoms with Gasteiger partial charge in [0.2, 0.25) is 5.28 Å². The maximum atomic E-state index is 11.9. The van der Waals surface area contributed by atoms with Crippen LogP contribution in [0, 0.1) is 0 Å². The van der Waals surface area contributed by atoms with Gasteiger partial charge in [0, 0.05) is 13.8 Å². The fourth-order valence-corrected chi connectivity index (χ4v) is 3.87. The molecule has 4 heterocycles. The SMILES string of the molecule is CCN1N=NC([C@H]2O[C@@H](n3cnc4c(Cl)nc(Cl)nc43)C(OC(C)=O)C2OC(C)=O)N1. The van der Waals surface area contributed by atoms with Crippen LogP contribution in [-0.2, 0) is 23.8 Å². The van der Waals surface area contributed by atoms with E-state index in [1.165, 1.54) is 29.9 Å². The first-order valence-electron chi connectivity index (χ1n) is 9.28. The Hall–Kier alpha value is -2.61. The molecule has 0 aliphatic carbocycles. The van der Waals surface area contributed by atoms with E-state index in [0.29, 0.717) is 6.54 Å². The Kier molecular flexibility index (Phi) is 5.92. The lowest BCUT2D eigenvalue weighted by atomic mass is 10.1. The standard InChI is InChI=1S/C16H18Cl2N8O5/c1-4-26-23-13(22-24-26)10-9(29-6(2)27)11(30-7(3)28)15(31-10)25-5-19-8-12(17)20-16(18)21-14(8)25/h5,9-11,13,15,23H,4H2,1-3H3/t9?,10-,11?,13?,15+/m0/s1. The number of nitrogens with zero attached hydrogens (tertiary/aromatic N) is 7. The van der Waals surface area contributed by atoms with Crippen molar-refractivity contribution in [2.24, 2.45) is 10.3 Å². The number of hydrogen-bond donors (Lipinski definition) is 1. The largest absolute Gasteiger partial charge is 0.455 e. The van der Waals surface area contributed by atoms with Crippen LogP contribution in [0.25, 0.3) is 11.2 Å². The zero-order valence-electron chi connectivity index (χ0n) is 16.6. The van der Waals surface area contributed by atoms with E-state index in [2.05, 4.69) is 30.7 Å². The van der Waals surface area contributed by atoms with Crippen LogP contribution in [-0.4, -0.2) is 67.6 Å². The number of fused-ring (bicyclic) bond motifs is 1. The van der Waals surface area contributed by atoms with E-state index in [-0.39, 0.29) is 21.6 Å². The lowest BCUT2D eigenvalue weighted by Crippen LogP contribution is -2.49. The number of carbonyl (C=O) groups excluding carboxylic acids is 2. The molecule has 0 bridgehead atoms. The quantitative estimate of drug-likeness (QED) is 0.384. The number of halogens is 2. The van der Waals surface area contributed by atoms with Crippen LogP contribution in [0.5, 0.6) is 0 Å². The lowest BCUT2D eigenvalue weighted by molar-refractivity contribution is -0.165. The highest BCUT2D eigenvalue weighted by molar-refractivity contribution is 6.35. The monoisotopic (exact) mass is 472 g/mol. The van der Waals surface area contributed by atoms with E-state index in [1.807, 2.05) is 6.92 Å². The first-order valence-corrected chi connectivity index (χ1v) is 10.0. The minimum absolute atomic E-state index is 0.0497. The second kappa shape index (κ2) is 8.49. The molecule has 0 aromatic carbocycles. The van der Waals surface area contributed by atoms with Gasteiger partial charge < -0.3 is 14.2 Å². The first kappa shape index (κ1) is 21.6. The minimum Gasteiger partial charge on any atom is -0.455 e. The van der Waals surface area contributed by atoms with Crippen molar-refractivity contribution in [1.82, 2.24) is 30.1 Å². The third-order valence-electron chi connectivity index (χ3n) is 4.63. The van der Waals surface area contributed by atoms with Crippen LogP contribution >= 0.6 is 23.2 Å². The van der Waals surface area contributed by atoms with Gasteiger partial charge >= 0.3 is 11.9 Å². The summed E-state index contributed by atoms with van der Waals surface area (Å²) < 4.78 is 18.7. The van der Waals surface area contributed by atoms with Crippen molar-refractivity contribution >= 4 is 46.3 Å².